The monoisotopic (exact) mass is 542 g/mol. The number of fused-ring (bicyclic) bond motifs is 1. The summed E-state index contributed by atoms with van der Waals surface area (Å²) in [6, 6.07) is 14.3. The van der Waals surface area contributed by atoms with Crippen LogP contribution in [0.1, 0.15) is 18.3 Å². The summed E-state index contributed by atoms with van der Waals surface area (Å²) in [5, 5.41) is 11.8. The van der Waals surface area contributed by atoms with Gasteiger partial charge in [-0.15, -0.1) is 34.2 Å². The van der Waals surface area contributed by atoms with E-state index in [0.29, 0.717) is 6.54 Å². The van der Waals surface area contributed by atoms with E-state index in [0.717, 1.165) is 41.4 Å². The molecular formula is C19H24BrIN6. The number of hydrogen-bond acceptors (Lipinski definition) is 3. The summed E-state index contributed by atoms with van der Waals surface area (Å²) < 4.78 is 3.10. The minimum atomic E-state index is 0. The zero-order valence-corrected chi connectivity index (χ0v) is 19.4. The lowest BCUT2D eigenvalue weighted by atomic mass is 10.2. The minimum absolute atomic E-state index is 0. The number of hydrogen-bond donors (Lipinski definition) is 1. The van der Waals surface area contributed by atoms with E-state index in [4.69, 9.17) is 4.99 Å². The lowest BCUT2D eigenvalue weighted by Gasteiger charge is -2.22. The molecule has 6 nitrogen and oxygen atoms in total. The average Bonchev–Trinajstić information content (AvgIpc) is 3.06. The van der Waals surface area contributed by atoms with Crippen LogP contribution in [0.25, 0.3) is 5.65 Å². The Bertz CT molecular complexity index is 877. The van der Waals surface area contributed by atoms with Gasteiger partial charge in [-0.05, 0) is 36.8 Å². The first-order valence-corrected chi connectivity index (χ1v) is 9.49. The van der Waals surface area contributed by atoms with Crippen molar-refractivity contribution in [1.82, 2.24) is 24.8 Å². The predicted molar refractivity (Wildman–Crippen MR) is 124 cm³/mol. The van der Waals surface area contributed by atoms with Crippen molar-refractivity contribution in [2.24, 2.45) is 4.99 Å². The van der Waals surface area contributed by atoms with Gasteiger partial charge in [-0.25, -0.2) is 0 Å². The van der Waals surface area contributed by atoms with Gasteiger partial charge in [0.1, 0.15) is 5.82 Å². The highest BCUT2D eigenvalue weighted by Crippen LogP contribution is 2.12. The number of aliphatic imine (C=N–C) groups is 1. The van der Waals surface area contributed by atoms with Crippen LogP contribution < -0.4 is 5.32 Å². The van der Waals surface area contributed by atoms with Gasteiger partial charge in [-0.1, -0.05) is 34.1 Å². The fraction of sp³-hybridized carbons (Fsp3) is 0.316. The highest BCUT2D eigenvalue weighted by atomic mass is 127. The number of pyridine rings is 1. The van der Waals surface area contributed by atoms with Crippen molar-refractivity contribution in [2.75, 3.05) is 20.1 Å². The van der Waals surface area contributed by atoms with Gasteiger partial charge in [-0.2, -0.15) is 0 Å². The smallest absolute Gasteiger partial charge is 0.193 e. The third kappa shape index (κ3) is 5.90. The number of nitrogens with zero attached hydrogens (tertiary/aromatic N) is 5. The van der Waals surface area contributed by atoms with Crippen LogP contribution in [-0.4, -0.2) is 45.6 Å². The molecule has 0 radical (unpaired) electrons. The fourth-order valence-corrected chi connectivity index (χ4v) is 3.00. The van der Waals surface area contributed by atoms with Crippen LogP contribution in [0, 0.1) is 0 Å². The summed E-state index contributed by atoms with van der Waals surface area (Å²) in [6.45, 7) is 4.36. The zero-order valence-electron chi connectivity index (χ0n) is 15.5. The van der Waals surface area contributed by atoms with E-state index in [1.54, 1.807) is 0 Å². The highest BCUT2D eigenvalue weighted by Gasteiger charge is 2.08. The molecule has 0 saturated heterocycles. The second-order valence-electron chi connectivity index (χ2n) is 6.01. The number of benzene rings is 1. The minimum Gasteiger partial charge on any atom is -0.357 e. The predicted octanol–water partition coefficient (Wildman–Crippen LogP) is 3.75. The van der Waals surface area contributed by atoms with Gasteiger partial charge in [0.15, 0.2) is 11.6 Å². The average molecular weight is 543 g/mol. The topological polar surface area (TPSA) is 57.8 Å². The van der Waals surface area contributed by atoms with Crippen molar-refractivity contribution in [2.45, 2.75) is 19.9 Å². The van der Waals surface area contributed by atoms with Crippen molar-refractivity contribution in [3.8, 4) is 0 Å². The molecule has 0 aliphatic rings. The molecule has 0 aliphatic carbocycles. The molecule has 0 unspecified atom stereocenters. The van der Waals surface area contributed by atoms with Crippen LogP contribution in [0.5, 0.6) is 0 Å². The standard InChI is InChI=1S/C19H23BrN6.HI/c1-3-21-19(25(2)14-15-7-9-16(20)10-8-15)22-12-11-18-24-23-17-6-4-5-13-26(17)18;/h4-10,13H,3,11-12,14H2,1-2H3,(H,21,22);1H. The Morgan fingerprint density at radius 3 is 2.70 bits per heavy atom. The van der Waals surface area contributed by atoms with Crippen LogP contribution >= 0.6 is 39.9 Å². The van der Waals surface area contributed by atoms with E-state index in [1.807, 2.05) is 28.8 Å². The Hall–Kier alpha value is -1.68. The SMILES string of the molecule is CCNC(=NCCc1nnc2ccccn12)N(C)Cc1ccc(Br)cc1.I. The molecule has 0 bridgehead atoms. The van der Waals surface area contributed by atoms with E-state index in [1.165, 1.54) is 5.56 Å². The lowest BCUT2D eigenvalue weighted by Crippen LogP contribution is -2.38. The first-order valence-electron chi connectivity index (χ1n) is 8.70. The Morgan fingerprint density at radius 1 is 1.19 bits per heavy atom. The maximum Gasteiger partial charge on any atom is 0.193 e. The molecule has 0 aliphatic heterocycles. The summed E-state index contributed by atoms with van der Waals surface area (Å²) in [6.07, 6.45) is 2.73. The van der Waals surface area contributed by atoms with E-state index >= 15 is 0 Å². The second kappa shape index (κ2) is 10.6. The molecule has 1 N–H and O–H groups in total. The molecule has 0 amide bonds. The Morgan fingerprint density at radius 2 is 1.96 bits per heavy atom. The highest BCUT2D eigenvalue weighted by molar-refractivity contribution is 14.0. The van der Waals surface area contributed by atoms with Crippen molar-refractivity contribution < 1.29 is 0 Å². The van der Waals surface area contributed by atoms with Crippen LogP contribution in [0.3, 0.4) is 0 Å². The summed E-state index contributed by atoms with van der Waals surface area (Å²) in [7, 11) is 2.05. The van der Waals surface area contributed by atoms with E-state index in [2.05, 4.69) is 74.6 Å². The van der Waals surface area contributed by atoms with Crippen molar-refractivity contribution in [3.63, 3.8) is 0 Å². The van der Waals surface area contributed by atoms with Crippen molar-refractivity contribution in [1.29, 1.82) is 0 Å². The van der Waals surface area contributed by atoms with Crippen LogP contribution in [0.2, 0.25) is 0 Å². The molecule has 0 fully saturated rings. The Kier molecular flexibility index (Phi) is 8.49. The van der Waals surface area contributed by atoms with E-state index in [-0.39, 0.29) is 24.0 Å². The molecule has 8 heteroatoms. The second-order valence-corrected chi connectivity index (χ2v) is 6.93. The summed E-state index contributed by atoms with van der Waals surface area (Å²) in [4.78, 5) is 6.88. The molecule has 3 aromatic rings. The molecule has 0 spiro atoms. The molecule has 0 atom stereocenters. The first-order chi connectivity index (χ1) is 12.7. The van der Waals surface area contributed by atoms with Gasteiger partial charge in [0.25, 0.3) is 0 Å². The Balaban J connectivity index is 0.00000261. The number of aromatic nitrogens is 3. The third-order valence-electron chi connectivity index (χ3n) is 4.01. The maximum absolute atomic E-state index is 4.75. The summed E-state index contributed by atoms with van der Waals surface area (Å²) in [5.74, 6) is 1.82. The first kappa shape index (κ1) is 21.6. The number of guanidine groups is 1. The van der Waals surface area contributed by atoms with Gasteiger partial charge >= 0.3 is 0 Å². The third-order valence-corrected chi connectivity index (χ3v) is 4.54. The Labute approximate surface area is 185 Å². The molecule has 2 heterocycles. The van der Waals surface area contributed by atoms with Crippen LogP contribution in [0.15, 0.2) is 58.1 Å². The normalized spacial score (nSPS) is 11.3. The van der Waals surface area contributed by atoms with E-state index < -0.39 is 0 Å². The molecule has 144 valence electrons. The largest absolute Gasteiger partial charge is 0.357 e. The number of rotatable bonds is 6. The quantitative estimate of drug-likeness (QED) is 0.293. The van der Waals surface area contributed by atoms with Gasteiger partial charge in [0, 0.05) is 43.8 Å². The van der Waals surface area contributed by atoms with Gasteiger partial charge in [0.2, 0.25) is 0 Å². The number of halogens is 2. The van der Waals surface area contributed by atoms with Crippen molar-refractivity contribution >= 4 is 51.5 Å². The van der Waals surface area contributed by atoms with Crippen LogP contribution in [-0.2, 0) is 13.0 Å². The molecule has 27 heavy (non-hydrogen) atoms. The summed E-state index contributed by atoms with van der Waals surface area (Å²) in [5.41, 5.74) is 2.11. The molecular weight excluding hydrogens is 519 g/mol. The molecule has 2 aromatic heterocycles. The van der Waals surface area contributed by atoms with E-state index in [9.17, 15) is 0 Å². The number of nitrogens with one attached hydrogen (secondary N) is 1. The van der Waals surface area contributed by atoms with Gasteiger partial charge in [-0.3, -0.25) is 9.39 Å². The van der Waals surface area contributed by atoms with Gasteiger partial charge < -0.3 is 10.2 Å². The summed E-state index contributed by atoms with van der Waals surface area (Å²) >= 11 is 3.47. The fourth-order valence-electron chi connectivity index (χ4n) is 2.73. The molecule has 1 aromatic carbocycles. The molecule has 0 saturated carbocycles. The van der Waals surface area contributed by atoms with Crippen LogP contribution in [0.4, 0.5) is 0 Å². The zero-order chi connectivity index (χ0) is 18.4. The van der Waals surface area contributed by atoms with Crippen molar-refractivity contribution in [3.05, 3.63) is 64.5 Å². The molecule has 3 rings (SSSR count). The lowest BCUT2D eigenvalue weighted by molar-refractivity contribution is 0.477. The maximum atomic E-state index is 4.75. The van der Waals surface area contributed by atoms with Gasteiger partial charge in [0.05, 0.1) is 0 Å².